The summed E-state index contributed by atoms with van der Waals surface area (Å²) in [7, 11) is -1.58. The molecule has 0 spiro atoms. The highest BCUT2D eigenvalue weighted by atomic mass is 32.2. The quantitative estimate of drug-likeness (QED) is 0.573. The molecule has 0 heterocycles. The minimum atomic E-state index is -3.10. The maximum atomic E-state index is 10.5. The zero-order chi connectivity index (χ0) is 8.74. The van der Waals surface area contributed by atoms with Crippen molar-refractivity contribution in [1.82, 2.24) is 4.72 Å². The average molecular weight is 177 g/mol. The molecular weight excluding hydrogens is 166 g/mol. The molecule has 1 N–H and O–H groups in total. The van der Waals surface area contributed by atoms with Gasteiger partial charge in [-0.3, -0.25) is 0 Å². The zero-order valence-corrected chi connectivity index (χ0v) is 7.36. The Morgan fingerprint density at radius 1 is 1.45 bits per heavy atom. The summed E-state index contributed by atoms with van der Waals surface area (Å²) in [5.41, 5.74) is 0. The third-order valence-corrected chi connectivity index (χ3v) is 1.43. The van der Waals surface area contributed by atoms with Crippen molar-refractivity contribution < 1.29 is 13.2 Å². The minimum absolute atomic E-state index is 0.141. The Hall–Kier alpha value is -0.570. The van der Waals surface area contributed by atoms with Gasteiger partial charge in [0.15, 0.2) is 0 Å². The Bertz CT molecular complexity index is 247. The van der Waals surface area contributed by atoms with Gasteiger partial charge >= 0.3 is 0 Å². The molecular formula is C6H11NO3S. The van der Waals surface area contributed by atoms with Crippen molar-refractivity contribution in [2.24, 2.45) is 0 Å². The summed E-state index contributed by atoms with van der Waals surface area (Å²) in [6, 6.07) is 0. The van der Waals surface area contributed by atoms with Gasteiger partial charge in [0, 0.05) is 7.11 Å². The number of rotatable bonds is 3. The lowest BCUT2D eigenvalue weighted by molar-refractivity contribution is 0.239. The van der Waals surface area contributed by atoms with Crippen LogP contribution in [0.3, 0.4) is 0 Å². The van der Waals surface area contributed by atoms with Gasteiger partial charge in [-0.2, -0.15) is 0 Å². The molecule has 0 aliphatic rings. The van der Waals surface area contributed by atoms with E-state index in [1.54, 1.807) is 0 Å². The summed E-state index contributed by atoms with van der Waals surface area (Å²) < 4.78 is 27.8. The third kappa shape index (κ3) is 9.43. The van der Waals surface area contributed by atoms with Crippen LogP contribution in [0.1, 0.15) is 0 Å². The van der Waals surface area contributed by atoms with Crippen LogP contribution in [0.15, 0.2) is 0 Å². The maximum absolute atomic E-state index is 10.5. The number of nitrogens with one attached hydrogen (secondary N) is 1. The molecule has 0 aliphatic heterocycles. The summed E-state index contributed by atoms with van der Waals surface area (Å²) in [6.45, 7) is 0.466. The normalized spacial score (nSPS) is 10.4. The highest BCUT2D eigenvalue weighted by Crippen LogP contribution is 1.70. The highest BCUT2D eigenvalue weighted by molar-refractivity contribution is 7.88. The van der Waals surface area contributed by atoms with Crippen molar-refractivity contribution in [2.75, 3.05) is 26.5 Å². The van der Waals surface area contributed by atoms with Crippen LogP contribution in [0.25, 0.3) is 0 Å². The highest BCUT2D eigenvalue weighted by Gasteiger charge is 1.94. The predicted octanol–water partition coefficient (Wildman–Crippen LogP) is -0.815. The largest absolute Gasteiger partial charge is 0.372 e. The minimum Gasteiger partial charge on any atom is -0.372 e. The van der Waals surface area contributed by atoms with Gasteiger partial charge < -0.3 is 4.74 Å². The summed E-state index contributed by atoms with van der Waals surface area (Å²) in [4.78, 5) is 0. The Morgan fingerprint density at radius 2 is 2.09 bits per heavy atom. The standard InChI is InChI=1S/C6H11NO3S/c1-10-6-4-3-5-7-11(2,8)9/h7H,5-6H2,1-2H3. The van der Waals surface area contributed by atoms with E-state index in [0.29, 0.717) is 6.61 Å². The zero-order valence-electron chi connectivity index (χ0n) is 6.55. The fourth-order valence-electron chi connectivity index (χ4n) is 0.353. The molecule has 0 bridgehead atoms. The molecule has 0 saturated heterocycles. The molecule has 0 aliphatic carbocycles. The van der Waals surface area contributed by atoms with Crippen molar-refractivity contribution in [1.29, 1.82) is 0 Å². The second-order valence-electron chi connectivity index (χ2n) is 1.88. The number of sulfonamides is 1. The molecule has 0 unspecified atom stereocenters. The van der Waals surface area contributed by atoms with Crippen LogP contribution < -0.4 is 4.72 Å². The van der Waals surface area contributed by atoms with Crippen molar-refractivity contribution >= 4 is 10.0 Å². The van der Waals surface area contributed by atoms with Crippen LogP contribution in [0.2, 0.25) is 0 Å². The smallest absolute Gasteiger partial charge is 0.209 e. The van der Waals surface area contributed by atoms with E-state index in [2.05, 4.69) is 21.3 Å². The summed E-state index contributed by atoms with van der Waals surface area (Å²) in [6.07, 6.45) is 1.09. The van der Waals surface area contributed by atoms with Crippen LogP contribution >= 0.6 is 0 Å². The first-order chi connectivity index (χ1) is 5.06. The molecule has 0 atom stereocenters. The van der Waals surface area contributed by atoms with Gasteiger partial charge in [0.1, 0.15) is 6.61 Å². The molecule has 4 nitrogen and oxygen atoms in total. The van der Waals surface area contributed by atoms with Gasteiger partial charge in [0.2, 0.25) is 10.0 Å². The summed E-state index contributed by atoms with van der Waals surface area (Å²) in [5.74, 6) is 5.19. The lowest BCUT2D eigenvalue weighted by atomic mass is 10.6. The molecule has 0 aromatic carbocycles. The van der Waals surface area contributed by atoms with Gasteiger partial charge in [-0.1, -0.05) is 11.8 Å². The van der Waals surface area contributed by atoms with Crippen LogP contribution in [-0.4, -0.2) is 34.9 Å². The van der Waals surface area contributed by atoms with Gasteiger partial charge in [0.05, 0.1) is 12.8 Å². The molecule has 11 heavy (non-hydrogen) atoms. The van der Waals surface area contributed by atoms with Crippen LogP contribution in [-0.2, 0) is 14.8 Å². The van der Waals surface area contributed by atoms with E-state index in [1.807, 2.05) is 0 Å². The van der Waals surface area contributed by atoms with E-state index >= 15 is 0 Å². The van der Waals surface area contributed by atoms with Gasteiger partial charge in [-0.25, -0.2) is 13.1 Å². The SMILES string of the molecule is COCC#CCNS(C)(=O)=O. The Morgan fingerprint density at radius 3 is 2.55 bits per heavy atom. The fraction of sp³-hybridized carbons (Fsp3) is 0.667. The molecule has 0 saturated carbocycles. The van der Waals surface area contributed by atoms with Crippen molar-refractivity contribution in [3.63, 3.8) is 0 Å². The number of ether oxygens (including phenoxy) is 1. The van der Waals surface area contributed by atoms with E-state index in [1.165, 1.54) is 7.11 Å². The lowest BCUT2D eigenvalue weighted by Crippen LogP contribution is -2.21. The van der Waals surface area contributed by atoms with Gasteiger partial charge in [0.25, 0.3) is 0 Å². The van der Waals surface area contributed by atoms with E-state index in [9.17, 15) is 8.42 Å². The first-order valence-corrected chi connectivity index (χ1v) is 4.84. The molecule has 0 aromatic heterocycles. The Kier molecular flexibility index (Phi) is 4.86. The monoisotopic (exact) mass is 177 g/mol. The van der Waals surface area contributed by atoms with Crippen molar-refractivity contribution in [3.8, 4) is 11.8 Å². The topological polar surface area (TPSA) is 55.4 Å². The maximum Gasteiger partial charge on any atom is 0.209 e. The molecule has 0 aromatic rings. The Balaban J connectivity index is 3.52. The average Bonchev–Trinajstić information content (AvgIpc) is 1.85. The fourth-order valence-corrected chi connectivity index (χ4v) is 0.687. The first kappa shape index (κ1) is 10.4. The van der Waals surface area contributed by atoms with E-state index in [0.717, 1.165) is 6.26 Å². The molecule has 5 heteroatoms. The third-order valence-electron chi connectivity index (χ3n) is 0.764. The second kappa shape index (κ2) is 5.13. The number of hydrogen-bond donors (Lipinski definition) is 1. The molecule has 0 fully saturated rings. The summed E-state index contributed by atoms with van der Waals surface area (Å²) >= 11 is 0. The molecule has 64 valence electrons. The molecule has 0 radical (unpaired) electrons. The van der Waals surface area contributed by atoms with Crippen LogP contribution in [0.4, 0.5) is 0 Å². The van der Waals surface area contributed by atoms with E-state index in [4.69, 9.17) is 0 Å². The van der Waals surface area contributed by atoms with Gasteiger partial charge in [-0.15, -0.1) is 0 Å². The number of hydrogen-bond acceptors (Lipinski definition) is 3. The molecule has 0 amide bonds. The second-order valence-corrected chi connectivity index (χ2v) is 3.71. The first-order valence-electron chi connectivity index (χ1n) is 2.95. The van der Waals surface area contributed by atoms with Crippen LogP contribution in [0, 0.1) is 11.8 Å². The summed E-state index contributed by atoms with van der Waals surface area (Å²) in [5, 5.41) is 0. The predicted molar refractivity (Wildman–Crippen MR) is 42.5 cm³/mol. The molecule has 0 rings (SSSR count). The van der Waals surface area contributed by atoms with Crippen molar-refractivity contribution in [3.05, 3.63) is 0 Å². The van der Waals surface area contributed by atoms with E-state index < -0.39 is 10.0 Å². The van der Waals surface area contributed by atoms with Crippen LogP contribution in [0.5, 0.6) is 0 Å². The lowest BCUT2D eigenvalue weighted by Gasteiger charge is -1.92. The van der Waals surface area contributed by atoms with E-state index in [-0.39, 0.29) is 6.54 Å². The van der Waals surface area contributed by atoms with Crippen molar-refractivity contribution in [2.45, 2.75) is 0 Å². The number of methoxy groups -OCH3 is 1. The van der Waals surface area contributed by atoms with Gasteiger partial charge in [-0.05, 0) is 0 Å². The Labute approximate surface area is 67.0 Å².